The van der Waals surface area contributed by atoms with Gasteiger partial charge in [-0.3, -0.25) is 0 Å². The van der Waals surface area contributed by atoms with Crippen LogP contribution in [0.25, 0.3) is 0 Å². The Hall–Kier alpha value is 0.0969. The van der Waals surface area contributed by atoms with Crippen molar-refractivity contribution in [3.05, 3.63) is 6.04 Å². The molecule has 0 spiro atoms. The second-order valence-electron chi connectivity index (χ2n) is 4.79. The predicted octanol–water partition coefficient (Wildman–Crippen LogP) is 2.00. The molecule has 0 aromatic carbocycles. The lowest BCUT2D eigenvalue weighted by Gasteiger charge is -2.27. The Morgan fingerprint density at radius 3 is 2.29 bits per heavy atom. The van der Waals surface area contributed by atoms with Gasteiger partial charge in [0.1, 0.15) is 5.91 Å². The van der Waals surface area contributed by atoms with Crippen LogP contribution in [0.1, 0.15) is 46.0 Å². The summed E-state index contributed by atoms with van der Waals surface area (Å²) in [5, 5.41) is 0. The minimum atomic E-state index is -0.396. The van der Waals surface area contributed by atoms with Crippen LogP contribution in [0, 0.1) is 12.0 Å². The Morgan fingerprint density at radius 2 is 1.76 bits per heavy atom. The molecule has 0 bridgehead atoms. The summed E-state index contributed by atoms with van der Waals surface area (Å²) in [5.41, 5.74) is 6.23. The molecule has 1 aliphatic carbocycles. The van der Waals surface area contributed by atoms with Gasteiger partial charge < -0.3 is 15.2 Å². The molecular weight excluding hydrogens is 230 g/mol. The summed E-state index contributed by atoms with van der Waals surface area (Å²) < 4.78 is 11.2. The summed E-state index contributed by atoms with van der Waals surface area (Å²) >= 11 is 0. The van der Waals surface area contributed by atoms with Crippen LogP contribution < -0.4 is 5.73 Å². The molecule has 0 atom stereocenters. The molecule has 0 aliphatic heterocycles. The van der Waals surface area contributed by atoms with Crippen molar-refractivity contribution in [3.8, 4) is 0 Å². The standard InChI is InChI=1S/C13H28NO2Si/c1-3-15-13(16-4-2)17-10-12(14)11-8-6-5-7-9-11/h11,13H,3-10,14,17H2,1-2H3. The van der Waals surface area contributed by atoms with Crippen molar-refractivity contribution in [2.45, 2.75) is 57.9 Å². The molecule has 4 heteroatoms. The number of ether oxygens (including phenoxy) is 2. The molecule has 1 radical (unpaired) electrons. The van der Waals surface area contributed by atoms with Crippen molar-refractivity contribution in [3.63, 3.8) is 0 Å². The molecule has 101 valence electrons. The van der Waals surface area contributed by atoms with E-state index in [1.165, 1.54) is 38.1 Å². The van der Waals surface area contributed by atoms with Crippen LogP contribution in [-0.2, 0) is 9.47 Å². The van der Waals surface area contributed by atoms with Crippen LogP contribution in [0.5, 0.6) is 0 Å². The van der Waals surface area contributed by atoms with Crippen molar-refractivity contribution in [2.75, 3.05) is 13.2 Å². The highest BCUT2D eigenvalue weighted by atomic mass is 28.2. The van der Waals surface area contributed by atoms with Crippen molar-refractivity contribution >= 4 is 9.52 Å². The number of nitrogens with two attached hydrogens (primary N) is 1. The minimum Gasteiger partial charge on any atom is -0.357 e. The number of hydrogen-bond donors (Lipinski definition) is 1. The molecule has 1 aliphatic rings. The highest BCUT2D eigenvalue weighted by Gasteiger charge is 2.22. The van der Waals surface area contributed by atoms with Crippen LogP contribution in [0.4, 0.5) is 0 Å². The summed E-state index contributed by atoms with van der Waals surface area (Å²) in [5.74, 6) is 0.743. The molecule has 0 amide bonds. The van der Waals surface area contributed by atoms with E-state index in [2.05, 4.69) is 0 Å². The fourth-order valence-electron chi connectivity index (χ4n) is 2.55. The van der Waals surface area contributed by atoms with E-state index in [0.717, 1.165) is 19.3 Å². The van der Waals surface area contributed by atoms with E-state index in [1.54, 1.807) is 0 Å². The molecular formula is C13H28NO2Si. The highest BCUT2D eigenvalue weighted by Crippen LogP contribution is 2.30. The zero-order chi connectivity index (χ0) is 12.5. The molecule has 0 unspecified atom stereocenters. The largest absolute Gasteiger partial charge is 0.357 e. The van der Waals surface area contributed by atoms with Gasteiger partial charge in [-0.05, 0) is 38.7 Å². The quantitative estimate of drug-likeness (QED) is 0.535. The lowest BCUT2D eigenvalue weighted by molar-refractivity contribution is -0.0827. The van der Waals surface area contributed by atoms with Gasteiger partial charge in [0, 0.05) is 19.3 Å². The summed E-state index contributed by atoms with van der Waals surface area (Å²) in [4.78, 5) is 0. The second-order valence-corrected chi connectivity index (χ2v) is 6.53. The average Bonchev–Trinajstić information content (AvgIpc) is 2.37. The minimum absolute atomic E-state index is 0.0622. The maximum atomic E-state index is 6.23. The van der Waals surface area contributed by atoms with Gasteiger partial charge in [-0.1, -0.05) is 19.3 Å². The molecule has 1 saturated carbocycles. The summed E-state index contributed by atoms with van der Waals surface area (Å²) in [6.45, 7) is 5.52. The number of hydrogen-bond acceptors (Lipinski definition) is 3. The molecule has 0 aromatic rings. The first-order valence-corrected chi connectivity index (χ1v) is 8.94. The van der Waals surface area contributed by atoms with E-state index in [4.69, 9.17) is 15.2 Å². The first kappa shape index (κ1) is 15.2. The summed E-state index contributed by atoms with van der Waals surface area (Å²) in [6, 6.07) is 2.30. The fraction of sp³-hybridized carbons (Fsp3) is 0.923. The summed E-state index contributed by atoms with van der Waals surface area (Å²) in [7, 11) is -0.396. The van der Waals surface area contributed by atoms with E-state index < -0.39 is 9.52 Å². The third kappa shape index (κ3) is 6.00. The average molecular weight is 258 g/mol. The van der Waals surface area contributed by atoms with Gasteiger partial charge in [-0.15, -0.1) is 0 Å². The Kier molecular flexibility index (Phi) is 8.10. The fourth-order valence-corrected chi connectivity index (χ4v) is 4.33. The van der Waals surface area contributed by atoms with Gasteiger partial charge in [-0.25, -0.2) is 0 Å². The van der Waals surface area contributed by atoms with Crippen molar-refractivity contribution < 1.29 is 9.47 Å². The van der Waals surface area contributed by atoms with E-state index in [1.807, 2.05) is 13.8 Å². The van der Waals surface area contributed by atoms with Crippen LogP contribution in [0.3, 0.4) is 0 Å². The lowest BCUT2D eigenvalue weighted by Crippen LogP contribution is -2.30. The zero-order valence-electron chi connectivity index (χ0n) is 11.4. The van der Waals surface area contributed by atoms with Gasteiger partial charge in [0.25, 0.3) is 0 Å². The van der Waals surface area contributed by atoms with Gasteiger partial charge in [0.2, 0.25) is 0 Å². The lowest BCUT2D eigenvalue weighted by atomic mass is 9.85. The Labute approximate surface area is 108 Å². The molecule has 0 aromatic heterocycles. The third-order valence-electron chi connectivity index (χ3n) is 3.50. The molecule has 1 rings (SSSR count). The highest BCUT2D eigenvalue weighted by molar-refractivity contribution is 6.37. The van der Waals surface area contributed by atoms with Crippen molar-refractivity contribution in [1.29, 1.82) is 0 Å². The van der Waals surface area contributed by atoms with Crippen LogP contribution in [-0.4, -0.2) is 28.6 Å². The Morgan fingerprint density at radius 1 is 1.18 bits per heavy atom. The van der Waals surface area contributed by atoms with Crippen LogP contribution in [0.15, 0.2) is 0 Å². The molecule has 0 saturated heterocycles. The van der Waals surface area contributed by atoms with E-state index in [-0.39, 0.29) is 5.91 Å². The Balaban J connectivity index is 2.21. The van der Waals surface area contributed by atoms with E-state index in [9.17, 15) is 0 Å². The topological polar surface area (TPSA) is 44.5 Å². The smallest absolute Gasteiger partial charge is 0.134 e. The van der Waals surface area contributed by atoms with E-state index >= 15 is 0 Å². The second kappa shape index (κ2) is 9.08. The molecule has 2 N–H and O–H groups in total. The molecule has 1 fully saturated rings. The van der Waals surface area contributed by atoms with Crippen molar-refractivity contribution in [1.82, 2.24) is 0 Å². The van der Waals surface area contributed by atoms with Crippen LogP contribution in [0.2, 0.25) is 6.04 Å². The van der Waals surface area contributed by atoms with Gasteiger partial charge in [0.15, 0.2) is 0 Å². The first-order chi connectivity index (χ1) is 8.27. The first-order valence-electron chi connectivity index (χ1n) is 7.12. The normalized spacial score (nSPS) is 18.9. The van der Waals surface area contributed by atoms with Gasteiger partial charge >= 0.3 is 0 Å². The zero-order valence-corrected chi connectivity index (χ0v) is 12.8. The monoisotopic (exact) mass is 258 g/mol. The van der Waals surface area contributed by atoms with E-state index in [0.29, 0.717) is 5.92 Å². The molecule has 3 nitrogen and oxygen atoms in total. The van der Waals surface area contributed by atoms with Crippen LogP contribution >= 0.6 is 0 Å². The molecule has 17 heavy (non-hydrogen) atoms. The van der Waals surface area contributed by atoms with Gasteiger partial charge in [0.05, 0.1) is 9.52 Å². The number of rotatable bonds is 8. The maximum Gasteiger partial charge on any atom is 0.134 e. The SMILES string of the molecule is CCOC(OCC)[SiH2]C[C](N)C1CCCCC1. The predicted molar refractivity (Wildman–Crippen MR) is 74.4 cm³/mol. The van der Waals surface area contributed by atoms with Crippen molar-refractivity contribution in [2.24, 2.45) is 11.7 Å². The Bertz CT molecular complexity index is 180. The van der Waals surface area contributed by atoms with Gasteiger partial charge in [-0.2, -0.15) is 0 Å². The molecule has 0 heterocycles. The third-order valence-corrected chi connectivity index (χ3v) is 5.31. The summed E-state index contributed by atoms with van der Waals surface area (Å²) in [6.07, 6.45) is 6.70. The maximum absolute atomic E-state index is 6.23.